The normalized spacial score (nSPS) is 14.6. The third-order valence-corrected chi connectivity index (χ3v) is 13.2. The number of allylic oxidation sites excluding steroid dienone is 17. The van der Waals surface area contributed by atoms with E-state index in [0.29, 0.717) is 30.3 Å². The second kappa shape index (κ2) is 52.1. The smallest absolute Gasteiger partial charge is 0.456 e. The number of carbonyl (C=O) groups excluding carboxylic acids is 2. The van der Waals surface area contributed by atoms with Gasteiger partial charge in [0.25, 0.3) is 0 Å². The first-order chi connectivity index (χ1) is 35.4. The molecule has 3 unspecified atom stereocenters. The number of quaternary nitrogens is 1. The molecular weight excluding hydrogens is 928 g/mol. The molecule has 0 aromatic heterocycles. The zero-order valence-electron chi connectivity index (χ0n) is 47.6. The molecule has 0 fully saturated rings. The number of amides is 1. The monoisotopic (exact) mass is 1040 g/mol. The largest absolute Gasteiger partial charge is 0.472 e. The third kappa shape index (κ3) is 53.3. The predicted molar refractivity (Wildman–Crippen MR) is 313 cm³/mol. The van der Waals surface area contributed by atoms with E-state index in [-0.39, 0.29) is 31.5 Å². The summed E-state index contributed by atoms with van der Waals surface area (Å²) < 4.78 is 30.6. The second-order valence-electron chi connectivity index (χ2n) is 20.4. The highest BCUT2D eigenvalue weighted by Crippen LogP contribution is 2.43. The van der Waals surface area contributed by atoms with Gasteiger partial charge in [0.05, 0.1) is 33.8 Å². The highest BCUT2D eigenvalue weighted by molar-refractivity contribution is 7.47. The zero-order chi connectivity index (χ0) is 53.6. The van der Waals surface area contributed by atoms with E-state index in [1.165, 1.54) is 51.4 Å². The van der Waals surface area contributed by atoms with Gasteiger partial charge in [-0.3, -0.25) is 18.6 Å². The molecule has 0 rings (SSSR count). The van der Waals surface area contributed by atoms with Crippen LogP contribution in [0.15, 0.2) is 109 Å². The lowest BCUT2D eigenvalue weighted by molar-refractivity contribution is -0.870. The number of hydrogen-bond donors (Lipinski definition) is 2. The summed E-state index contributed by atoms with van der Waals surface area (Å²) in [5.41, 5.74) is 0. The summed E-state index contributed by atoms with van der Waals surface area (Å²) in [6.07, 6.45) is 70.8. The Morgan fingerprint density at radius 1 is 0.493 bits per heavy atom. The van der Waals surface area contributed by atoms with Gasteiger partial charge in [-0.05, 0) is 109 Å². The maximum atomic E-state index is 13.5. The molecule has 0 aliphatic rings. The molecule has 0 radical (unpaired) electrons. The van der Waals surface area contributed by atoms with Gasteiger partial charge >= 0.3 is 13.8 Å². The molecule has 2 N–H and O–H groups in total. The second-order valence-corrected chi connectivity index (χ2v) is 21.9. The van der Waals surface area contributed by atoms with Crippen molar-refractivity contribution < 1.29 is 37.3 Å². The number of rotatable bonds is 51. The zero-order valence-corrected chi connectivity index (χ0v) is 48.5. The molecule has 0 aliphatic carbocycles. The number of ether oxygens (including phenoxy) is 1. The van der Waals surface area contributed by atoms with Gasteiger partial charge in [-0.2, -0.15) is 0 Å². The molecule has 418 valence electrons. The lowest BCUT2D eigenvalue weighted by Crippen LogP contribution is -2.47. The Morgan fingerprint density at radius 2 is 0.877 bits per heavy atom. The van der Waals surface area contributed by atoms with Crippen LogP contribution in [0.3, 0.4) is 0 Å². The standard InChI is InChI=1S/C63H109N2O7P/c1-7-10-13-16-19-22-25-28-30-31-32-33-34-35-36-38-41-44-47-50-53-56-63(67)72-61(54-51-48-45-42-39-27-24-21-18-15-12-9-3)60(59-71-73(68,69)70-58-57-65(4,5)6)64-62(66)55-52-49-46-43-40-37-29-26-23-20-17-14-11-8-2/h10-11,13-14,19-20,22-23,28-30,32-33,35-37,51,54,60-61H,7-9,12,15-18,21,24-27,31,34,38-50,52-53,55-59H2,1-6H3,(H-,64,66,68,69)/p+1/b13-10-,14-11+,22-19-,23-20+,30-28-,33-32-,36-35-,37-29+,54-51-. The molecular formula is C63H110N2O7P+. The van der Waals surface area contributed by atoms with Gasteiger partial charge in [0.15, 0.2) is 0 Å². The molecule has 0 saturated carbocycles. The van der Waals surface area contributed by atoms with Crippen LogP contribution in [0.25, 0.3) is 0 Å². The quantitative estimate of drug-likeness (QED) is 0.0205. The van der Waals surface area contributed by atoms with Gasteiger partial charge in [-0.15, -0.1) is 0 Å². The average molecular weight is 1040 g/mol. The van der Waals surface area contributed by atoms with Gasteiger partial charge in [-0.1, -0.05) is 214 Å². The Bertz CT molecular complexity index is 1620. The number of phosphoric ester groups is 1. The van der Waals surface area contributed by atoms with E-state index in [1.54, 1.807) is 0 Å². The number of unbranched alkanes of at least 4 members (excludes halogenated alkanes) is 19. The van der Waals surface area contributed by atoms with Crippen LogP contribution in [0.5, 0.6) is 0 Å². The molecule has 0 aromatic rings. The summed E-state index contributed by atoms with van der Waals surface area (Å²) >= 11 is 0. The maximum Gasteiger partial charge on any atom is 0.472 e. The third-order valence-electron chi connectivity index (χ3n) is 12.2. The maximum absolute atomic E-state index is 13.5. The number of phosphoric acid groups is 1. The number of carbonyl (C=O) groups is 2. The van der Waals surface area contributed by atoms with Gasteiger partial charge in [0, 0.05) is 12.8 Å². The van der Waals surface area contributed by atoms with Crippen molar-refractivity contribution in [1.29, 1.82) is 0 Å². The molecule has 0 heterocycles. The molecule has 9 nitrogen and oxygen atoms in total. The fourth-order valence-corrected chi connectivity index (χ4v) is 8.48. The van der Waals surface area contributed by atoms with Gasteiger partial charge in [0.1, 0.15) is 19.3 Å². The summed E-state index contributed by atoms with van der Waals surface area (Å²) in [4.78, 5) is 37.6. The van der Waals surface area contributed by atoms with Crippen molar-refractivity contribution in [2.24, 2.45) is 0 Å². The highest BCUT2D eigenvalue weighted by Gasteiger charge is 2.30. The SMILES string of the molecule is CC/C=C\C/C=C\C/C=C\C/C=C\C/C=C\CCCCCCCC(=O)OC(/C=C\CCCCCCCCCCCC)C(COP(=O)(O)OCC[N+](C)(C)C)NC(=O)CCCCCC/C=C/C/C=C/C/C=C/CC. The minimum absolute atomic E-state index is 0.0264. The van der Waals surface area contributed by atoms with E-state index in [2.05, 4.69) is 123 Å². The van der Waals surface area contributed by atoms with E-state index in [1.807, 2.05) is 33.3 Å². The van der Waals surface area contributed by atoms with Gasteiger partial charge < -0.3 is 19.4 Å². The summed E-state index contributed by atoms with van der Waals surface area (Å²) in [5, 5.41) is 3.03. The molecule has 0 spiro atoms. The summed E-state index contributed by atoms with van der Waals surface area (Å²) in [7, 11) is 1.45. The van der Waals surface area contributed by atoms with Crippen molar-refractivity contribution in [2.75, 3.05) is 40.9 Å². The van der Waals surface area contributed by atoms with Crippen molar-refractivity contribution in [3.63, 3.8) is 0 Å². The minimum atomic E-state index is -4.46. The van der Waals surface area contributed by atoms with E-state index >= 15 is 0 Å². The Morgan fingerprint density at radius 3 is 1.32 bits per heavy atom. The molecule has 1 amide bonds. The number of nitrogens with zero attached hydrogens (tertiary/aromatic N) is 1. The molecule has 0 bridgehead atoms. The van der Waals surface area contributed by atoms with E-state index in [0.717, 1.165) is 128 Å². The number of likely N-dealkylation sites (N-methyl/N-ethyl adjacent to an activating group) is 1. The van der Waals surface area contributed by atoms with E-state index < -0.39 is 20.0 Å². The average Bonchev–Trinajstić information content (AvgIpc) is 3.35. The minimum Gasteiger partial charge on any atom is -0.456 e. The van der Waals surface area contributed by atoms with Crippen LogP contribution in [0.4, 0.5) is 0 Å². The van der Waals surface area contributed by atoms with Crippen molar-refractivity contribution in [3.8, 4) is 0 Å². The van der Waals surface area contributed by atoms with Crippen LogP contribution in [-0.2, 0) is 27.9 Å². The molecule has 3 atom stereocenters. The first-order valence-corrected chi connectivity index (χ1v) is 30.7. The van der Waals surface area contributed by atoms with Crippen molar-refractivity contribution in [3.05, 3.63) is 109 Å². The first-order valence-electron chi connectivity index (χ1n) is 29.2. The number of nitrogens with one attached hydrogen (secondary N) is 1. The molecule has 10 heteroatoms. The number of hydrogen-bond acceptors (Lipinski definition) is 6. The fraction of sp³-hybridized carbons (Fsp3) is 0.683. The fourth-order valence-electron chi connectivity index (χ4n) is 7.74. The van der Waals surface area contributed by atoms with Crippen LogP contribution in [-0.4, -0.2) is 74.3 Å². The highest BCUT2D eigenvalue weighted by atomic mass is 31.2. The first kappa shape index (κ1) is 69.7. The Hall–Kier alpha value is -3.33. The Kier molecular flexibility index (Phi) is 49.7. The van der Waals surface area contributed by atoms with Crippen LogP contribution in [0, 0.1) is 0 Å². The van der Waals surface area contributed by atoms with Crippen molar-refractivity contribution in [1.82, 2.24) is 5.32 Å². The summed E-state index contributed by atoms with van der Waals surface area (Å²) in [6.45, 7) is 6.73. The van der Waals surface area contributed by atoms with E-state index in [4.69, 9.17) is 13.8 Å². The van der Waals surface area contributed by atoms with E-state index in [9.17, 15) is 19.0 Å². The summed E-state index contributed by atoms with van der Waals surface area (Å²) in [5.74, 6) is -0.561. The van der Waals surface area contributed by atoms with Crippen LogP contribution < -0.4 is 5.32 Å². The molecule has 0 aromatic carbocycles. The summed E-state index contributed by atoms with van der Waals surface area (Å²) in [6, 6.07) is -0.874. The van der Waals surface area contributed by atoms with Crippen LogP contribution in [0.1, 0.15) is 226 Å². The molecule has 0 aliphatic heterocycles. The van der Waals surface area contributed by atoms with Crippen LogP contribution in [0.2, 0.25) is 0 Å². The molecule has 73 heavy (non-hydrogen) atoms. The lowest BCUT2D eigenvalue weighted by atomic mass is 10.0. The topological polar surface area (TPSA) is 111 Å². The lowest BCUT2D eigenvalue weighted by Gasteiger charge is -2.27. The van der Waals surface area contributed by atoms with Gasteiger partial charge in [-0.25, -0.2) is 4.57 Å². The molecule has 0 saturated heterocycles. The van der Waals surface area contributed by atoms with Crippen LogP contribution >= 0.6 is 7.82 Å². The predicted octanol–water partition coefficient (Wildman–Crippen LogP) is 17.8. The Balaban J connectivity index is 5.37. The Labute approximate surface area is 449 Å². The van der Waals surface area contributed by atoms with Crippen molar-refractivity contribution in [2.45, 2.75) is 238 Å². The van der Waals surface area contributed by atoms with Gasteiger partial charge in [0.2, 0.25) is 5.91 Å². The number of esters is 1. The van der Waals surface area contributed by atoms with Crippen molar-refractivity contribution >= 4 is 19.7 Å².